The van der Waals surface area contributed by atoms with Crippen LogP contribution >= 0.6 is 11.6 Å². The number of carbonyl (C=O) groups excluding carboxylic acids is 1. The van der Waals surface area contributed by atoms with Crippen molar-refractivity contribution in [2.24, 2.45) is 0 Å². The van der Waals surface area contributed by atoms with Crippen molar-refractivity contribution < 1.29 is 9.21 Å². The van der Waals surface area contributed by atoms with Crippen molar-refractivity contribution >= 4 is 17.5 Å². The van der Waals surface area contributed by atoms with Gasteiger partial charge in [0.15, 0.2) is 5.89 Å². The largest absolute Gasteiger partial charge is 0.444 e. The second-order valence-corrected chi connectivity index (χ2v) is 5.72. The average molecular weight is 273 g/mol. The van der Waals surface area contributed by atoms with Gasteiger partial charge in [-0.25, -0.2) is 4.98 Å². The Bertz CT molecular complexity index is 408. The van der Waals surface area contributed by atoms with Gasteiger partial charge in [0.05, 0.1) is 12.1 Å². The fourth-order valence-corrected chi connectivity index (χ4v) is 1.55. The number of nitrogens with one attached hydrogen (secondary N) is 1. The summed E-state index contributed by atoms with van der Waals surface area (Å²) in [6, 6.07) is 0. The van der Waals surface area contributed by atoms with E-state index < -0.39 is 0 Å². The van der Waals surface area contributed by atoms with Crippen molar-refractivity contribution in [1.82, 2.24) is 10.3 Å². The molecule has 0 aliphatic heterocycles. The number of rotatable bonds is 5. The van der Waals surface area contributed by atoms with Gasteiger partial charge in [0.2, 0.25) is 5.91 Å². The molecule has 1 rings (SSSR count). The maximum Gasteiger partial charge on any atom is 0.227 e. The molecule has 0 radical (unpaired) electrons. The highest BCUT2D eigenvalue weighted by atomic mass is 35.5. The van der Waals surface area contributed by atoms with Crippen molar-refractivity contribution in [2.45, 2.75) is 46.0 Å². The van der Waals surface area contributed by atoms with Crippen LogP contribution in [0.3, 0.4) is 0 Å². The molecule has 1 aromatic rings. The first-order valence-electron chi connectivity index (χ1n) is 6.14. The summed E-state index contributed by atoms with van der Waals surface area (Å²) in [4.78, 5) is 16.0. The van der Waals surface area contributed by atoms with Crippen LogP contribution in [0.5, 0.6) is 0 Å². The van der Waals surface area contributed by atoms with Crippen LogP contribution in [0.25, 0.3) is 0 Å². The second-order valence-electron chi connectivity index (χ2n) is 5.35. The average Bonchev–Trinajstić information content (AvgIpc) is 2.60. The van der Waals surface area contributed by atoms with E-state index in [0.717, 1.165) is 12.1 Å². The molecule has 4 nitrogen and oxygen atoms in total. The number of hydrogen-bond acceptors (Lipinski definition) is 3. The first kappa shape index (κ1) is 15.0. The quantitative estimate of drug-likeness (QED) is 0.662. The van der Waals surface area contributed by atoms with E-state index in [1.165, 1.54) is 0 Å². The predicted molar refractivity (Wildman–Crippen MR) is 72.0 cm³/mol. The Morgan fingerprint density at radius 3 is 2.61 bits per heavy atom. The highest BCUT2D eigenvalue weighted by molar-refractivity contribution is 6.17. The van der Waals surface area contributed by atoms with Gasteiger partial charge in [-0.2, -0.15) is 0 Å². The van der Waals surface area contributed by atoms with Gasteiger partial charge in [0, 0.05) is 17.8 Å². The normalized spacial score (nSPS) is 11.6. The van der Waals surface area contributed by atoms with Crippen LogP contribution < -0.4 is 5.32 Å². The minimum absolute atomic E-state index is 0.0557. The molecule has 1 heterocycles. The minimum Gasteiger partial charge on any atom is -0.444 e. The summed E-state index contributed by atoms with van der Waals surface area (Å²) in [7, 11) is 0. The summed E-state index contributed by atoms with van der Waals surface area (Å²) >= 11 is 5.54. The maximum absolute atomic E-state index is 11.7. The summed E-state index contributed by atoms with van der Waals surface area (Å²) in [6.07, 6.45) is 1.01. The second kappa shape index (κ2) is 6.23. The van der Waals surface area contributed by atoms with Crippen LogP contribution in [0, 0.1) is 6.92 Å². The molecule has 0 saturated heterocycles. The lowest BCUT2D eigenvalue weighted by Gasteiger charge is -2.12. The molecule has 0 spiro atoms. The van der Waals surface area contributed by atoms with Crippen LogP contribution in [0.4, 0.5) is 0 Å². The number of carbonyl (C=O) groups is 1. The number of oxazole rings is 1. The third-order valence-electron chi connectivity index (χ3n) is 2.49. The number of aromatic nitrogens is 1. The van der Waals surface area contributed by atoms with Crippen LogP contribution in [-0.4, -0.2) is 23.3 Å². The Kier molecular flexibility index (Phi) is 5.20. The first-order chi connectivity index (χ1) is 8.34. The zero-order valence-electron chi connectivity index (χ0n) is 11.5. The van der Waals surface area contributed by atoms with E-state index in [-0.39, 0.29) is 17.7 Å². The summed E-state index contributed by atoms with van der Waals surface area (Å²) < 4.78 is 5.66. The van der Waals surface area contributed by atoms with Crippen LogP contribution in [0.15, 0.2) is 4.42 Å². The molecule has 0 saturated carbocycles. The highest BCUT2D eigenvalue weighted by Gasteiger charge is 2.23. The topological polar surface area (TPSA) is 55.1 Å². The fraction of sp³-hybridized carbons (Fsp3) is 0.692. The number of amides is 1. The molecule has 0 atom stereocenters. The van der Waals surface area contributed by atoms with Gasteiger partial charge in [0.25, 0.3) is 0 Å². The van der Waals surface area contributed by atoms with Gasteiger partial charge in [-0.1, -0.05) is 20.8 Å². The molecule has 0 aliphatic carbocycles. The number of hydrogen-bond donors (Lipinski definition) is 1. The standard InChI is InChI=1S/C13H21ClN2O2/c1-9-10(8-11(17)15-7-5-6-14)18-12(16-9)13(2,3)4/h5-8H2,1-4H3,(H,15,17). The van der Waals surface area contributed by atoms with E-state index in [2.05, 4.69) is 10.3 Å². The molecular formula is C13H21ClN2O2. The lowest BCUT2D eigenvalue weighted by Crippen LogP contribution is -2.26. The van der Waals surface area contributed by atoms with Gasteiger partial charge < -0.3 is 9.73 Å². The van der Waals surface area contributed by atoms with Crippen molar-refractivity contribution in [1.29, 1.82) is 0 Å². The van der Waals surface area contributed by atoms with Gasteiger partial charge >= 0.3 is 0 Å². The monoisotopic (exact) mass is 272 g/mol. The highest BCUT2D eigenvalue weighted by Crippen LogP contribution is 2.23. The van der Waals surface area contributed by atoms with E-state index >= 15 is 0 Å². The zero-order valence-corrected chi connectivity index (χ0v) is 12.2. The van der Waals surface area contributed by atoms with Gasteiger partial charge in [-0.3, -0.25) is 4.79 Å². The molecule has 0 fully saturated rings. The third kappa shape index (κ3) is 4.33. The van der Waals surface area contributed by atoms with E-state index in [1.54, 1.807) is 0 Å². The molecule has 0 aliphatic rings. The molecule has 1 amide bonds. The van der Waals surface area contributed by atoms with Crippen molar-refractivity contribution in [3.63, 3.8) is 0 Å². The van der Waals surface area contributed by atoms with Crippen LogP contribution in [0.2, 0.25) is 0 Å². The first-order valence-corrected chi connectivity index (χ1v) is 6.67. The van der Waals surface area contributed by atoms with E-state index in [1.807, 2.05) is 27.7 Å². The number of halogens is 1. The Morgan fingerprint density at radius 1 is 1.44 bits per heavy atom. The molecule has 18 heavy (non-hydrogen) atoms. The van der Waals surface area contributed by atoms with Gasteiger partial charge in [0.1, 0.15) is 5.76 Å². The number of aryl methyl sites for hydroxylation is 1. The lowest BCUT2D eigenvalue weighted by molar-refractivity contribution is -0.120. The molecule has 1 N–H and O–H groups in total. The molecule has 0 unspecified atom stereocenters. The Balaban J connectivity index is 2.62. The van der Waals surface area contributed by atoms with Crippen LogP contribution in [-0.2, 0) is 16.6 Å². The molecule has 102 valence electrons. The number of alkyl halides is 1. The Labute approximate surface area is 113 Å². The van der Waals surface area contributed by atoms with Crippen molar-refractivity contribution in [2.75, 3.05) is 12.4 Å². The summed E-state index contributed by atoms with van der Waals surface area (Å²) in [5.74, 6) is 1.81. The Morgan fingerprint density at radius 2 is 2.11 bits per heavy atom. The van der Waals surface area contributed by atoms with Gasteiger partial charge in [-0.05, 0) is 13.3 Å². The predicted octanol–water partition coefficient (Wildman–Crippen LogP) is 2.57. The van der Waals surface area contributed by atoms with Gasteiger partial charge in [-0.15, -0.1) is 11.6 Å². The maximum atomic E-state index is 11.7. The molecule has 0 aromatic carbocycles. The molecule has 5 heteroatoms. The fourth-order valence-electron chi connectivity index (χ4n) is 1.42. The SMILES string of the molecule is Cc1nc(C(C)(C)C)oc1CC(=O)NCCCCl. The molecule has 1 aromatic heterocycles. The van der Waals surface area contributed by atoms with E-state index in [9.17, 15) is 4.79 Å². The summed E-state index contributed by atoms with van der Waals surface area (Å²) in [5, 5.41) is 2.80. The lowest BCUT2D eigenvalue weighted by atomic mass is 9.97. The number of nitrogens with zero attached hydrogens (tertiary/aromatic N) is 1. The Hall–Kier alpha value is -1.03. The van der Waals surface area contributed by atoms with E-state index in [4.69, 9.17) is 16.0 Å². The summed E-state index contributed by atoms with van der Waals surface area (Å²) in [6.45, 7) is 8.55. The molecular weight excluding hydrogens is 252 g/mol. The third-order valence-corrected chi connectivity index (χ3v) is 2.76. The van der Waals surface area contributed by atoms with E-state index in [0.29, 0.717) is 24.1 Å². The zero-order chi connectivity index (χ0) is 13.8. The van der Waals surface area contributed by atoms with Crippen LogP contribution in [0.1, 0.15) is 44.5 Å². The summed E-state index contributed by atoms with van der Waals surface area (Å²) in [5.41, 5.74) is 0.644. The van der Waals surface area contributed by atoms with Crippen molar-refractivity contribution in [3.05, 3.63) is 17.3 Å². The van der Waals surface area contributed by atoms with Crippen molar-refractivity contribution in [3.8, 4) is 0 Å². The smallest absolute Gasteiger partial charge is 0.227 e. The minimum atomic E-state index is -0.141. The molecule has 0 bridgehead atoms.